The Morgan fingerprint density at radius 3 is 2.92 bits per heavy atom. The molecule has 2 aliphatic heterocycles. The van der Waals surface area contributed by atoms with Crippen molar-refractivity contribution in [3.05, 3.63) is 23.7 Å². The lowest BCUT2D eigenvalue weighted by atomic mass is 9.91. The summed E-state index contributed by atoms with van der Waals surface area (Å²) in [6, 6.07) is 1.71. The van der Waals surface area contributed by atoms with E-state index < -0.39 is 0 Å². The number of fused-ring (bicyclic) bond motifs is 2. The molecular formula is C17H22N6OS. The van der Waals surface area contributed by atoms with Crippen LogP contribution in [0.1, 0.15) is 39.0 Å². The molecule has 132 valence electrons. The van der Waals surface area contributed by atoms with Gasteiger partial charge in [-0.3, -0.25) is 4.79 Å². The van der Waals surface area contributed by atoms with E-state index in [9.17, 15) is 4.79 Å². The van der Waals surface area contributed by atoms with E-state index >= 15 is 0 Å². The molecule has 4 rings (SSSR count). The highest BCUT2D eigenvalue weighted by Gasteiger charge is 2.53. The van der Waals surface area contributed by atoms with Crippen molar-refractivity contribution in [2.24, 2.45) is 5.92 Å². The second-order valence-corrected chi connectivity index (χ2v) is 7.52. The first-order valence-electron chi connectivity index (χ1n) is 8.68. The summed E-state index contributed by atoms with van der Waals surface area (Å²) >= 11 is 5.82. The van der Waals surface area contributed by atoms with Crippen molar-refractivity contribution in [1.29, 1.82) is 0 Å². The number of carbonyl (C=O) groups is 1. The Bertz CT molecular complexity index is 770. The lowest BCUT2D eigenvalue weighted by Gasteiger charge is -2.41. The predicted molar refractivity (Wildman–Crippen MR) is 99.5 cm³/mol. The topological polar surface area (TPSA) is 96.2 Å². The van der Waals surface area contributed by atoms with Crippen LogP contribution in [0.15, 0.2) is 23.7 Å². The van der Waals surface area contributed by atoms with E-state index in [2.05, 4.69) is 25.5 Å². The molecule has 1 aromatic rings. The zero-order valence-corrected chi connectivity index (χ0v) is 15.0. The first kappa shape index (κ1) is 16.3. The lowest BCUT2D eigenvalue weighted by Crippen LogP contribution is -2.54. The minimum atomic E-state index is -0.303. The van der Waals surface area contributed by atoms with Crippen molar-refractivity contribution >= 4 is 34.7 Å². The maximum absolute atomic E-state index is 12.5. The highest BCUT2D eigenvalue weighted by atomic mass is 32.1. The molecule has 1 spiro atoms. The van der Waals surface area contributed by atoms with Crippen molar-refractivity contribution in [2.75, 3.05) is 17.6 Å². The molecular weight excluding hydrogens is 336 g/mol. The van der Waals surface area contributed by atoms with Gasteiger partial charge in [-0.1, -0.05) is 12.2 Å². The molecule has 25 heavy (non-hydrogen) atoms. The van der Waals surface area contributed by atoms with Crippen LogP contribution in [0.2, 0.25) is 0 Å². The molecule has 3 heterocycles. The molecule has 4 N–H and O–H groups in total. The van der Waals surface area contributed by atoms with Gasteiger partial charge in [0, 0.05) is 18.5 Å². The molecule has 1 saturated carbocycles. The number of aromatic nitrogens is 2. The molecule has 1 atom stereocenters. The number of hydrogen-bond donors (Lipinski definition) is 3. The van der Waals surface area contributed by atoms with Gasteiger partial charge in [0.25, 0.3) is 5.91 Å². The number of nitrogens with one attached hydrogen (secondary N) is 2. The second kappa shape index (κ2) is 5.94. The molecule has 7 nitrogen and oxygen atoms in total. The van der Waals surface area contributed by atoms with E-state index in [-0.39, 0.29) is 17.5 Å². The van der Waals surface area contributed by atoms with Crippen molar-refractivity contribution in [3.8, 4) is 0 Å². The van der Waals surface area contributed by atoms with Crippen LogP contribution in [0.3, 0.4) is 0 Å². The van der Waals surface area contributed by atoms with Gasteiger partial charge in [0.15, 0.2) is 0 Å². The Morgan fingerprint density at radius 1 is 1.44 bits per heavy atom. The summed E-state index contributed by atoms with van der Waals surface area (Å²) < 4.78 is 0. The second-order valence-electron chi connectivity index (χ2n) is 7.11. The standard InChI is InChI=1S/C17H22N6OS/c1-10-6-11(8-19-13-7-12(18)20-9-21-13)16(25)23-14(10)15(24)22-17(23)4-2-3-5-17/h7,9,11H,2-6,8H2,1H3,(H,22,24)(H3,18,19,20,21). The summed E-state index contributed by atoms with van der Waals surface area (Å²) in [6.45, 7) is 2.69. The van der Waals surface area contributed by atoms with E-state index in [0.717, 1.165) is 48.4 Å². The minimum absolute atomic E-state index is 0.0248. The predicted octanol–water partition coefficient (Wildman–Crippen LogP) is 1.79. The number of nitrogens with two attached hydrogens (primary N) is 1. The fourth-order valence-corrected chi connectivity index (χ4v) is 4.68. The van der Waals surface area contributed by atoms with Gasteiger partial charge in [-0.15, -0.1) is 0 Å². The number of thiocarbonyl (C=S) groups is 1. The number of allylic oxidation sites excluding steroid dienone is 1. The van der Waals surface area contributed by atoms with Gasteiger partial charge in [0.1, 0.15) is 29.3 Å². The van der Waals surface area contributed by atoms with E-state index in [4.69, 9.17) is 18.0 Å². The number of nitrogen functional groups attached to an aromatic ring is 1. The van der Waals surface area contributed by atoms with E-state index in [1.54, 1.807) is 6.07 Å². The fourth-order valence-electron chi connectivity index (χ4n) is 4.25. The van der Waals surface area contributed by atoms with Crippen LogP contribution in [0.25, 0.3) is 0 Å². The largest absolute Gasteiger partial charge is 0.384 e. The highest BCUT2D eigenvalue weighted by molar-refractivity contribution is 7.80. The van der Waals surface area contributed by atoms with Gasteiger partial charge in [-0.2, -0.15) is 0 Å². The molecule has 0 aromatic carbocycles. The maximum atomic E-state index is 12.5. The van der Waals surface area contributed by atoms with E-state index in [1.165, 1.54) is 6.33 Å². The normalized spacial score (nSPS) is 24.7. The SMILES string of the molecule is CC1=C2C(=O)NC3(CCCC3)N2C(=S)C(CNc2cc(N)ncn2)C1. The number of amides is 1. The summed E-state index contributed by atoms with van der Waals surface area (Å²) in [5.41, 5.74) is 7.27. The number of nitrogens with zero attached hydrogens (tertiary/aromatic N) is 3. The number of hydrogen-bond acceptors (Lipinski definition) is 6. The molecule has 1 unspecified atom stereocenters. The summed E-state index contributed by atoms with van der Waals surface area (Å²) in [7, 11) is 0. The van der Waals surface area contributed by atoms with Gasteiger partial charge in [-0.25, -0.2) is 9.97 Å². The smallest absolute Gasteiger partial charge is 0.269 e. The average Bonchev–Trinajstić information content (AvgIpc) is 3.15. The van der Waals surface area contributed by atoms with Crippen LogP contribution in [-0.4, -0.2) is 38.0 Å². The van der Waals surface area contributed by atoms with Crippen LogP contribution >= 0.6 is 12.2 Å². The third kappa shape index (κ3) is 2.64. The van der Waals surface area contributed by atoms with Crippen LogP contribution in [0, 0.1) is 5.92 Å². The summed E-state index contributed by atoms with van der Waals surface area (Å²) in [5.74, 6) is 1.28. The van der Waals surface area contributed by atoms with E-state index in [1.807, 2.05) is 6.92 Å². The summed E-state index contributed by atoms with van der Waals surface area (Å²) in [5, 5.41) is 6.52. The minimum Gasteiger partial charge on any atom is -0.384 e. The monoisotopic (exact) mass is 358 g/mol. The van der Waals surface area contributed by atoms with Crippen molar-refractivity contribution in [2.45, 2.75) is 44.7 Å². The Morgan fingerprint density at radius 2 is 2.20 bits per heavy atom. The van der Waals surface area contributed by atoms with Gasteiger partial charge in [0.05, 0.1) is 4.99 Å². The third-order valence-electron chi connectivity index (χ3n) is 5.39. The molecule has 1 amide bonds. The number of anilines is 2. The van der Waals surface area contributed by atoms with Crippen molar-refractivity contribution in [3.63, 3.8) is 0 Å². The fraction of sp³-hybridized carbons (Fsp3) is 0.529. The zero-order chi connectivity index (χ0) is 17.6. The molecule has 1 saturated heterocycles. The summed E-state index contributed by atoms with van der Waals surface area (Å²) in [4.78, 5) is 23.6. The highest BCUT2D eigenvalue weighted by Crippen LogP contribution is 2.44. The Kier molecular flexibility index (Phi) is 3.87. The lowest BCUT2D eigenvalue weighted by molar-refractivity contribution is -0.117. The van der Waals surface area contributed by atoms with Crippen LogP contribution < -0.4 is 16.4 Å². The third-order valence-corrected chi connectivity index (χ3v) is 5.90. The Balaban J connectivity index is 1.57. The first-order valence-corrected chi connectivity index (χ1v) is 9.09. The van der Waals surface area contributed by atoms with Crippen molar-refractivity contribution in [1.82, 2.24) is 20.2 Å². The maximum Gasteiger partial charge on any atom is 0.269 e. The van der Waals surface area contributed by atoms with Gasteiger partial charge < -0.3 is 21.3 Å². The molecule has 2 fully saturated rings. The number of carbonyl (C=O) groups excluding carboxylic acids is 1. The first-order chi connectivity index (χ1) is 12.0. The molecule has 0 radical (unpaired) electrons. The Hall–Kier alpha value is -2.22. The summed E-state index contributed by atoms with van der Waals surface area (Å²) in [6.07, 6.45) is 6.37. The van der Waals surface area contributed by atoms with Crippen LogP contribution in [0.5, 0.6) is 0 Å². The molecule has 1 aromatic heterocycles. The quantitative estimate of drug-likeness (QED) is 0.709. The van der Waals surface area contributed by atoms with Crippen LogP contribution in [-0.2, 0) is 4.79 Å². The van der Waals surface area contributed by atoms with Crippen LogP contribution in [0.4, 0.5) is 11.6 Å². The van der Waals surface area contributed by atoms with E-state index in [0.29, 0.717) is 18.2 Å². The van der Waals surface area contributed by atoms with Gasteiger partial charge >= 0.3 is 0 Å². The molecule has 8 heteroatoms. The van der Waals surface area contributed by atoms with Gasteiger partial charge in [-0.05, 0) is 44.6 Å². The Labute approximate surface area is 152 Å². The molecule has 3 aliphatic rings. The molecule has 0 bridgehead atoms. The zero-order valence-electron chi connectivity index (χ0n) is 14.2. The number of rotatable bonds is 3. The van der Waals surface area contributed by atoms with Gasteiger partial charge in [0.2, 0.25) is 0 Å². The molecule has 1 aliphatic carbocycles. The van der Waals surface area contributed by atoms with Crippen molar-refractivity contribution < 1.29 is 4.79 Å². The average molecular weight is 358 g/mol.